The van der Waals surface area contributed by atoms with Gasteiger partial charge in [0.25, 0.3) is 5.91 Å². The van der Waals surface area contributed by atoms with E-state index in [1.54, 1.807) is 32.4 Å². The lowest BCUT2D eigenvalue weighted by Crippen LogP contribution is -2.44. The van der Waals surface area contributed by atoms with Crippen LogP contribution in [0.25, 0.3) is 0 Å². The minimum absolute atomic E-state index is 0.0534. The molecule has 0 aromatic heterocycles. The highest BCUT2D eigenvalue weighted by Gasteiger charge is 2.31. The van der Waals surface area contributed by atoms with E-state index in [-0.39, 0.29) is 17.7 Å². The molecular weight excluding hydrogens is 440 g/mol. The first kappa shape index (κ1) is 24.3. The Hall–Kier alpha value is -3.80. The number of carbonyl (C=O) groups is 2. The molecule has 0 saturated carbocycles. The van der Waals surface area contributed by atoms with Gasteiger partial charge in [-0.25, -0.2) is 0 Å². The number of rotatable bonds is 8. The zero-order valence-corrected chi connectivity index (χ0v) is 20.4. The molecule has 1 fully saturated rings. The lowest BCUT2D eigenvalue weighted by atomic mass is 9.94. The average Bonchev–Trinajstić information content (AvgIpc) is 2.92. The van der Waals surface area contributed by atoms with Crippen LogP contribution in [-0.2, 0) is 17.9 Å². The van der Waals surface area contributed by atoms with E-state index in [4.69, 9.17) is 9.47 Å². The monoisotopic (exact) mass is 472 g/mol. The first-order chi connectivity index (χ1) is 17.1. The summed E-state index contributed by atoms with van der Waals surface area (Å²) in [6.07, 6.45) is 1.30. The summed E-state index contributed by atoms with van der Waals surface area (Å²) < 4.78 is 10.6. The van der Waals surface area contributed by atoms with E-state index in [1.165, 1.54) is 0 Å². The third kappa shape index (κ3) is 6.01. The maximum atomic E-state index is 13.6. The second-order valence-corrected chi connectivity index (χ2v) is 8.80. The van der Waals surface area contributed by atoms with Gasteiger partial charge in [-0.1, -0.05) is 60.7 Å². The van der Waals surface area contributed by atoms with E-state index in [2.05, 4.69) is 24.3 Å². The smallest absolute Gasteiger partial charge is 0.253 e. The van der Waals surface area contributed by atoms with Crippen molar-refractivity contribution in [2.75, 3.05) is 27.3 Å². The average molecular weight is 473 g/mol. The number of nitrogens with zero attached hydrogens (tertiary/aromatic N) is 2. The van der Waals surface area contributed by atoms with Gasteiger partial charge in [-0.3, -0.25) is 9.59 Å². The van der Waals surface area contributed by atoms with Crippen LogP contribution in [0.3, 0.4) is 0 Å². The maximum absolute atomic E-state index is 13.6. The van der Waals surface area contributed by atoms with Crippen LogP contribution in [0.1, 0.15) is 34.3 Å². The van der Waals surface area contributed by atoms with Crippen LogP contribution in [0.4, 0.5) is 0 Å². The van der Waals surface area contributed by atoms with Gasteiger partial charge in [-0.2, -0.15) is 0 Å². The molecule has 6 heteroatoms. The van der Waals surface area contributed by atoms with Gasteiger partial charge >= 0.3 is 0 Å². The van der Waals surface area contributed by atoms with Gasteiger partial charge in [0.05, 0.1) is 14.2 Å². The molecule has 1 heterocycles. The predicted octanol–water partition coefficient (Wildman–Crippen LogP) is 4.79. The molecular formula is C29H32N2O4. The van der Waals surface area contributed by atoms with Crippen LogP contribution in [0.5, 0.6) is 11.5 Å². The van der Waals surface area contributed by atoms with E-state index in [9.17, 15) is 9.59 Å². The molecule has 0 spiro atoms. The fourth-order valence-corrected chi connectivity index (χ4v) is 4.56. The van der Waals surface area contributed by atoms with Crippen LogP contribution in [0, 0.1) is 5.92 Å². The van der Waals surface area contributed by atoms with E-state index in [1.807, 2.05) is 46.2 Å². The van der Waals surface area contributed by atoms with Gasteiger partial charge in [-0.05, 0) is 42.2 Å². The Morgan fingerprint density at radius 1 is 0.800 bits per heavy atom. The van der Waals surface area contributed by atoms with Gasteiger partial charge in [0, 0.05) is 37.7 Å². The molecule has 0 unspecified atom stereocenters. The summed E-state index contributed by atoms with van der Waals surface area (Å²) in [5, 5.41) is 0. The molecule has 0 aliphatic carbocycles. The number of likely N-dealkylation sites (tertiary alicyclic amines) is 1. The Balaban J connectivity index is 1.42. The standard InChI is InChI=1S/C29H32N2O4/c1-34-26-14-13-25(19-27(26)35-2)29(33)30-17-15-24(16-18-30)28(32)31(20-22-9-5-3-6-10-22)21-23-11-7-4-8-12-23/h3-14,19,24H,15-18,20-21H2,1-2H3. The van der Waals surface area contributed by atoms with Crippen LogP contribution in [-0.4, -0.2) is 48.9 Å². The molecule has 2 amide bonds. The molecule has 1 aliphatic rings. The van der Waals surface area contributed by atoms with Gasteiger partial charge in [0.15, 0.2) is 11.5 Å². The second-order valence-electron chi connectivity index (χ2n) is 8.80. The van der Waals surface area contributed by atoms with Crippen molar-refractivity contribution in [3.05, 3.63) is 95.6 Å². The lowest BCUT2D eigenvalue weighted by molar-refractivity contribution is -0.138. The third-order valence-corrected chi connectivity index (χ3v) is 6.51. The van der Waals surface area contributed by atoms with E-state index >= 15 is 0 Å². The summed E-state index contributed by atoms with van der Waals surface area (Å²) in [6.45, 7) is 2.24. The predicted molar refractivity (Wildman–Crippen MR) is 135 cm³/mol. The molecule has 4 rings (SSSR count). The second kappa shape index (κ2) is 11.6. The molecule has 0 bridgehead atoms. The highest BCUT2D eigenvalue weighted by molar-refractivity contribution is 5.95. The lowest BCUT2D eigenvalue weighted by Gasteiger charge is -2.34. The van der Waals surface area contributed by atoms with Crippen molar-refractivity contribution in [3.8, 4) is 11.5 Å². The van der Waals surface area contributed by atoms with Gasteiger partial charge in [0.1, 0.15) is 0 Å². The van der Waals surface area contributed by atoms with Crippen molar-refractivity contribution in [1.29, 1.82) is 0 Å². The van der Waals surface area contributed by atoms with Gasteiger partial charge < -0.3 is 19.3 Å². The number of hydrogen-bond acceptors (Lipinski definition) is 4. The first-order valence-electron chi connectivity index (χ1n) is 12.0. The number of piperidine rings is 1. The first-order valence-corrected chi connectivity index (χ1v) is 12.0. The third-order valence-electron chi connectivity index (χ3n) is 6.51. The molecule has 3 aromatic rings. The number of amides is 2. The summed E-state index contributed by atoms with van der Waals surface area (Å²) in [7, 11) is 3.12. The van der Waals surface area contributed by atoms with Gasteiger partial charge in [0.2, 0.25) is 5.91 Å². The topological polar surface area (TPSA) is 59.1 Å². The summed E-state index contributed by atoms with van der Waals surface area (Å²) >= 11 is 0. The highest BCUT2D eigenvalue weighted by Crippen LogP contribution is 2.29. The minimum Gasteiger partial charge on any atom is -0.493 e. The molecule has 182 valence electrons. The van der Waals surface area contributed by atoms with Crippen molar-refractivity contribution in [1.82, 2.24) is 9.80 Å². The summed E-state index contributed by atoms with van der Waals surface area (Å²) in [5.41, 5.74) is 2.78. The summed E-state index contributed by atoms with van der Waals surface area (Å²) in [4.78, 5) is 30.5. The van der Waals surface area contributed by atoms with E-state index < -0.39 is 0 Å². The van der Waals surface area contributed by atoms with E-state index in [0.29, 0.717) is 56.1 Å². The number of benzene rings is 3. The van der Waals surface area contributed by atoms with Crippen molar-refractivity contribution in [2.45, 2.75) is 25.9 Å². The Morgan fingerprint density at radius 3 is 1.86 bits per heavy atom. The fraction of sp³-hybridized carbons (Fsp3) is 0.310. The molecule has 0 atom stereocenters. The molecule has 3 aromatic carbocycles. The Bertz CT molecular complexity index is 1080. The zero-order valence-electron chi connectivity index (χ0n) is 20.4. The zero-order chi connectivity index (χ0) is 24.6. The molecule has 0 N–H and O–H groups in total. The number of carbonyl (C=O) groups excluding carboxylic acids is 2. The quantitative estimate of drug-likeness (QED) is 0.473. The summed E-state index contributed by atoms with van der Waals surface area (Å²) in [5.74, 6) is 1.11. The van der Waals surface area contributed by atoms with Crippen LogP contribution in [0.2, 0.25) is 0 Å². The van der Waals surface area contributed by atoms with Crippen LogP contribution in [0.15, 0.2) is 78.9 Å². The number of methoxy groups -OCH3 is 2. The maximum Gasteiger partial charge on any atom is 0.253 e. The largest absolute Gasteiger partial charge is 0.493 e. The van der Waals surface area contributed by atoms with Crippen molar-refractivity contribution >= 4 is 11.8 Å². The molecule has 6 nitrogen and oxygen atoms in total. The minimum atomic E-state index is -0.100. The SMILES string of the molecule is COc1ccc(C(=O)N2CCC(C(=O)N(Cc3ccccc3)Cc3ccccc3)CC2)cc1OC. The van der Waals surface area contributed by atoms with Crippen molar-refractivity contribution in [3.63, 3.8) is 0 Å². The summed E-state index contributed by atoms with van der Waals surface area (Å²) in [6, 6.07) is 25.4. The molecule has 35 heavy (non-hydrogen) atoms. The van der Waals surface area contributed by atoms with Gasteiger partial charge in [-0.15, -0.1) is 0 Å². The van der Waals surface area contributed by atoms with Crippen molar-refractivity contribution in [2.24, 2.45) is 5.92 Å². The molecule has 1 saturated heterocycles. The Morgan fingerprint density at radius 2 is 1.34 bits per heavy atom. The van der Waals surface area contributed by atoms with Crippen LogP contribution < -0.4 is 9.47 Å². The highest BCUT2D eigenvalue weighted by atomic mass is 16.5. The Labute approximate surface area is 207 Å². The molecule has 1 aliphatic heterocycles. The van der Waals surface area contributed by atoms with E-state index in [0.717, 1.165) is 11.1 Å². The number of hydrogen-bond donors (Lipinski definition) is 0. The Kier molecular flexibility index (Phi) is 8.03. The fourth-order valence-electron chi connectivity index (χ4n) is 4.56. The number of ether oxygens (including phenoxy) is 2. The van der Waals surface area contributed by atoms with Crippen molar-refractivity contribution < 1.29 is 19.1 Å². The van der Waals surface area contributed by atoms with Crippen LogP contribution >= 0.6 is 0 Å². The normalized spacial score (nSPS) is 13.8. The molecule has 0 radical (unpaired) electrons.